The third-order valence-corrected chi connectivity index (χ3v) is 7.27. The Hall–Kier alpha value is -3.31. The Bertz CT molecular complexity index is 1110. The van der Waals surface area contributed by atoms with Gasteiger partial charge in [-0.05, 0) is 24.3 Å². The number of anilines is 2. The molecule has 0 atom stereocenters. The number of para-hydroxylation sites is 1. The smallest absolute Gasteiger partial charge is 0.257 e. The van der Waals surface area contributed by atoms with Gasteiger partial charge in [-0.3, -0.25) is 14.9 Å². The lowest BCUT2D eigenvalue weighted by Crippen LogP contribution is -2.49. The number of nitrogens with zero attached hydrogens (tertiary/aromatic N) is 4. The Balaban J connectivity index is 1.26. The molecule has 1 N–H and O–H groups in total. The van der Waals surface area contributed by atoms with Gasteiger partial charge in [0.25, 0.3) is 5.91 Å². The zero-order valence-electron chi connectivity index (χ0n) is 18.9. The summed E-state index contributed by atoms with van der Waals surface area (Å²) in [5.41, 5.74) is 1.56. The molecule has 1 fully saturated rings. The van der Waals surface area contributed by atoms with E-state index < -0.39 is 0 Å². The fourth-order valence-corrected chi connectivity index (χ4v) is 5.14. The first-order chi connectivity index (χ1) is 16.6. The van der Waals surface area contributed by atoms with Crippen molar-refractivity contribution in [2.24, 2.45) is 0 Å². The van der Waals surface area contributed by atoms with E-state index in [1.54, 1.807) is 18.2 Å². The van der Waals surface area contributed by atoms with Crippen molar-refractivity contribution < 1.29 is 19.1 Å². The molecule has 1 aliphatic heterocycles. The lowest BCUT2D eigenvalue weighted by molar-refractivity contribution is -0.128. The van der Waals surface area contributed by atoms with Gasteiger partial charge < -0.3 is 19.3 Å². The molecule has 2 amide bonds. The highest BCUT2D eigenvalue weighted by Gasteiger charge is 2.22. The van der Waals surface area contributed by atoms with Crippen LogP contribution in [-0.4, -0.2) is 73.1 Å². The third kappa shape index (κ3) is 5.97. The molecule has 34 heavy (non-hydrogen) atoms. The van der Waals surface area contributed by atoms with E-state index in [-0.39, 0.29) is 17.6 Å². The van der Waals surface area contributed by atoms with Crippen LogP contribution in [-0.2, 0) is 4.79 Å². The van der Waals surface area contributed by atoms with Gasteiger partial charge in [0, 0.05) is 43.5 Å². The maximum absolute atomic E-state index is 12.7. The predicted molar refractivity (Wildman–Crippen MR) is 133 cm³/mol. The number of ether oxygens (including phenoxy) is 2. The topological polar surface area (TPSA) is 96.9 Å². The fraction of sp³-hybridized carbons (Fsp3) is 0.304. The minimum atomic E-state index is -0.350. The Morgan fingerprint density at radius 3 is 2.32 bits per heavy atom. The van der Waals surface area contributed by atoms with Crippen LogP contribution < -0.4 is 19.7 Å². The molecule has 4 rings (SSSR count). The fourth-order valence-electron chi connectivity index (χ4n) is 3.49. The number of thioether (sulfide) groups is 1. The van der Waals surface area contributed by atoms with Crippen LogP contribution in [0, 0.1) is 0 Å². The number of piperazine rings is 1. The summed E-state index contributed by atoms with van der Waals surface area (Å²) < 4.78 is 11.0. The first kappa shape index (κ1) is 23.8. The van der Waals surface area contributed by atoms with Crippen molar-refractivity contribution in [3.05, 3.63) is 54.1 Å². The molecule has 3 aromatic rings. The largest absolute Gasteiger partial charge is 0.497 e. The predicted octanol–water partition coefficient (Wildman–Crippen LogP) is 3.25. The zero-order valence-corrected chi connectivity index (χ0v) is 20.5. The Morgan fingerprint density at radius 1 is 1.00 bits per heavy atom. The average molecular weight is 500 g/mol. The molecule has 178 valence electrons. The molecule has 1 aromatic heterocycles. The molecule has 0 bridgehead atoms. The summed E-state index contributed by atoms with van der Waals surface area (Å²) in [7, 11) is 3.05. The highest BCUT2D eigenvalue weighted by Crippen LogP contribution is 2.28. The van der Waals surface area contributed by atoms with Gasteiger partial charge in [-0.2, -0.15) is 0 Å². The van der Waals surface area contributed by atoms with Crippen LogP contribution in [0.15, 0.2) is 52.9 Å². The van der Waals surface area contributed by atoms with Crippen molar-refractivity contribution in [2.75, 3.05) is 56.4 Å². The maximum Gasteiger partial charge on any atom is 0.257 e. The third-order valence-electron chi connectivity index (χ3n) is 5.31. The van der Waals surface area contributed by atoms with Crippen LogP contribution in [0.25, 0.3) is 0 Å². The summed E-state index contributed by atoms with van der Waals surface area (Å²) in [6.45, 7) is 3.00. The number of nitrogens with one attached hydrogen (secondary N) is 1. The number of rotatable bonds is 8. The molecule has 0 unspecified atom stereocenters. The Kier molecular flexibility index (Phi) is 7.86. The summed E-state index contributed by atoms with van der Waals surface area (Å²) in [4.78, 5) is 29.4. The average Bonchev–Trinajstić information content (AvgIpc) is 3.34. The van der Waals surface area contributed by atoms with Crippen molar-refractivity contribution in [1.82, 2.24) is 15.1 Å². The van der Waals surface area contributed by atoms with E-state index in [0.29, 0.717) is 39.6 Å². The van der Waals surface area contributed by atoms with E-state index in [2.05, 4.69) is 32.5 Å². The van der Waals surface area contributed by atoms with Gasteiger partial charge in [0.2, 0.25) is 11.0 Å². The van der Waals surface area contributed by atoms with Crippen molar-refractivity contribution >= 4 is 45.7 Å². The lowest BCUT2D eigenvalue weighted by Gasteiger charge is -2.36. The van der Waals surface area contributed by atoms with Gasteiger partial charge in [-0.25, -0.2) is 0 Å². The van der Waals surface area contributed by atoms with Gasteiger partial charge >= 0.3 is 0 Å². The van der Waals surface area contributed by atoms with Crippen LogP contribution in [0.3, 0.4) is 0 Å². The van der Waals surface area contributed by atoms with Crippen LogP contribution in [0.1, 0.15) is 10.4 Å². The molecule has 0 spiro atoms. The number of benzene rings is 2. The summed E-state index contributed by atoms with van der Waals surface area (Å²) in [5.74, 6) is 1.03. The maximum atomic E-state index is 12.7. The minimum Gasteiger partial charge on any atom is -0.497 e. The second kappa shape index (κ2) is 11.2. The lowest BCUT2D eigenvalue weighted by atomic mass is 10.2. The van der Waals surface area contributed by atoms with Gasteiger partial charge in [0.1, 0.15) is 11.5 Å². The van der Waals surface area contributed by atoms with Crippen molar-refractivity contribution in [3.8, 4) is 11.5 Å². The number of aromatic nitrogens is 2. The number of carbonyl (C=O) groups is 2. The molecule has 0 radical (unpaired) electrons. The monoisotopic (exact) mass is 499 g/mol. The van der Waals surface area contributed by atoms with E-state index in [1.807, 2.05) is 23.1 Å². The molecule has 11 heteroatoms. The van der Waals surface area contributed by atoms with Crippen LogP contribution in [0.4, 0.5) is 10.8 Å². The van der Waals surface area contributed by atoms with E-state index in [1.165, 1.54) is 43.0 Å². The highest BCUT2D eigenvalue weighted by atomic mass is 32.2. The first-order valence-corrected chi connectivity index (χ1v) is 12.4. The second-order valence-electron chi connectivity index (χ2n) is 7.42. The Morgan fingerprint density at radius 2 is 1.68 bits per heavy atom. The molecular weight excluding hydrogens is 474 g/mol. The summed E-state index contributed by atoms with van der Waals surface area (Å²) in [5, 5.41) is 11.2. The number of hydrogen-bond acceptors (Lipinski definition) is 9. The first-order valence-electron chi connectivity index (χ1n) is 10.6. The normalized spacial score (nSPS) is 13.5. The van der Waals surface area contributed by atoms with E-state index in [9.17, 15) is 9.59 Å². The highest BCUT2D eigenvalue weighted by molar-refractivity contribution is 8.01. The quantitative estimate of drug-likeness (QED) is 0.373. The molecular formula is C23H25N5O4S2. The van der Waals surface area contributed by atoms with E-state index >= 15 is 0 Å². The molecule has 2 aromatic carbocycles. The van der Waals surface area contributed by atoms with E-state index in [4.69, 9.17) is 9.47 Å². The van der Waals surface area contributed by atoms with Gasteiger partial charge in [0.15, 0.2) is 4.34 Å². The number of methoxy groups -OCH3 is 2. The van der Waals surface area contributed by atoms with Crippen LogP contribution in [0.5, 0.6) is 11.5 Å². The van der Waals surface area contributed by atoms with Gasteiger partial charge in [0.05, 0.1) is 20.0 Å². The van der Waals surface area contributed by atoms with Crippen molar-refractivity contribution in [3.63, 3.8) is 0 Å². The second-order valence-corrected chi connectivity index (χ2v) is 9.62. The SMILES string of the molecule is COc1cc(OC)cc(C(=O)Nc2nnc(SCC(=O)N3CCN(c4ccccc4)CC3)s2)c1. The Labute approximate surface area is 206 Å². The molecule has 2 heterocycles. The number of amides is 2. The van der Waals surface area contributed by atoms with Crippen LogP contribution >= 0.6 is 23.1 Å². The molecule has 0 saturated carbocycles. The van der Waals surface area contributed by atoms with Crippen molar-refractivity contribution in [2.45, 2.75) is 4.34 Å². The zero-order chi connectivity index (χ0) is 23.9. The number of hydrogen-bond donors (Lipinski definition) is 1. The summed E-state index contributed by atoms with van der Waals surface area (Å²) in [6.07, 6.45) is 0. The van der Waals surface area contributed by atoms with Crippen LogP contribution in [0.2, 0.25) is 0 Å². The van der Waals surface area contributed by atoms with E-state index in [0.717, 1.165) is 13.1 Å². The minimum absolute atomic E-state index is 0.0713. The molecule has 1 aliphatic rings. The van der Waals surface area contributed by atoms with Gasteiger partial charge in [-0.15, -0.1) is 10.2 Å². The molecule has 0 aliphatic carbocycles. The standard InChI is InChI=1S/C23H25N5O4S2/c1-31-18-12-16(13-19(14-18)32-2)21(30)24-22-25-26-23(34-22)33-15-20(29)28-10-8-27(9-11-28)17-6-4-3-5-7-17/h3-7,12-14H,8-11,15H2,1-2H3,(H,24,25,30). The van der Waals surface area contributed by atoms with Crippen molar-refractivity contribution in [1.29, 1.82) is 0 Å². The molecule has 1 saturated heterocycles. The van der Waals surface area contributed by atoms with Gasteiger partial charge in [-0.1, -0.05) is 41.3 Å². The number of carbonyl (C=O) groups excluding carboxylic acids is 2. The summed E-state index contributed by atoms with van der Waals surface area (Å²) >= 11 is 2.55. The molecule has 9 nitrogen and oxygen atoms in total. The summed E-state index contributed by atoms with van der Waals surface area (Å²) in [6, 6.07) is 15.1.